The molecule has 1 atom stereocenters. The predicted molar refractivity (Wildman–Crippen MR) is 41.4 cm³/mol. The largest absolute Gasteiger partial charge is 0.396 e. The number of aliphatic hydroxyl groups excluding tert-OH is 2. The van der Waals surface area contributed by atoms with Gasteiger partial charge in [-0.05, 0) is 12.8 Å². The Morgan fingerprint density at radius 2 is 1.82 bits per heavy atom. The molecule has 0 spiro atoms. The van der Waals surface area contributed by atoms with Gasteiger partial charge in [0.1, 0.15) is 0 Å². The lowest BCUT2D eigenvalue weighted by atomic mass is 10.2. The van der Waals surface area contributed by atoms with Crippen LogP contribution in [0.15, 0.2) is 0 Å². The molecule has 1 unspecified atom stereocenters. The Labute approximate surface area is 68.2 Å². The molecule has 0 fully saturated rings. The molecule has 0 aromatic carbocycles. The molecule has 0 rings (SSSR count). The van der Waals surface area contributed by atoms with Crippen molar-refractivity contribution < 1.29 is 23.5 Å². The zero-order chi connectivity index (χ0) is 9.28. The van der Waals surface area contributed by atoms with Gasteiger partial charge >= 0.3 is 0 Å². The minimum atomic E-state index is -2.61. The molecule has 0 saturated heterocycles. The molecule has 6 heteroatoms. The Kier molecular flexibility index (Phi) is 12.3. The van der Waals surface area contributed by atoms with E-state index in [-0.39, 0.29) is 12.7 Å². The summed E-state index contributed by atoms with van der Waals surface area (Å²) in [5, 5.41) is 16.9. The van der Waals surface area contributed by atoms with Gasteiger partial charge in [0.05, 0.1) is 6.10 Å². The smallest absolute Gasteiger partial charge is 0.299 e. The third-order valence-electron chi connectivity index (χ3n) is 0.934. The van der Waals surface area contributed by atoms with E-state index in [2.05, 4.69) is 0 Å². The molecule has 70 valence electrons. The molecule has 4 N–H and O–H groups in total. The fourth-order valence-corrected chi connectivity index (χ4v) is 0.353. The van der Waals surface area contributed by atoms with E-state index in [1.165, 1.54) is 0 Å². The van der Waals surface area contributed by atoms with Crippen LogP contribution < -0.4 is 0 Å². The van der Waals surface area contributed by atoms with Crippen molar-refractivity contribution in [2.75, 3.05) is 6.61 Å². The van der Waals surface area contributed by atoms with Crippen molar-refractivity contribution in [3.8, 4) is 0 Å². The Hall–Kier alpha value is -0.0100. The van der Waals surface area contributed by atoms with E-state index in [4.69, 9.17) is 23.5 Å². The minimum Gasteiger partial charge on any atom is -0.396 e. The fraction of sp³-hybridized carbons (Fsp3) is 1.00. The SMILES string of the molecule is CCC(O)CCO.O=S(O)O. The number of rotatable bonds is 3. The second-order valence-corrected chi connectivity index (χ2v) is 2.27. The summed E-state index contributed by atoms with van der Waals surface area (Å²) < 4.78 is 22.8. The summed E-state index contributed by atoms with van der Waals surface area (Å²) in [7, 11) is 0. The molecule has 0 radical (unpaired) electrons. The van der Waals surface area contributed by atoms with Crippen molar-refractivity contribution in [3.63, 3.8) is 0 Å². The third kappa shape index (κ3) is 25.6. The van der Waals surface area contributed by atoms with Crippen LogP contribution >= 0.6 is 0 Å². The van der Waals surface area contributed by atoms with E-state index < -0.39 is 11.4 Å². The van der Waals surface area contributed by atoms with E-state index in [1.54, 1.807) is 0 Å². The molecule has 0 aliphatic carbocycles. The first-order chi connectivity index (χ1) is 5.04. The third-order valence-corrected chi connectivity index (χ3v) is 0.934. The number of hydrogen-bond donors (Lipinski definition) is 4. The van der Waals surface area contributed by atoms with E-state index in [0.717, 1.165) is 6.42 Å². The zero-order valence-corrected chi connectivity index (χ0v) is 7.12. The topological polar surface area (TPSA) is 98.0 Å². The molecular formula is C5H14O5S. The fourth-order valence-electron chi connectivity index (χ4n) is 0.353. The maximum absolute atomic E-state index is 8.70. The van der Waals surface area contributed by atoms with E-state index in [0.29, 0.717) is 6.42 Å². The van der Waals surface area contributed by atoms with E-state index in [9.17, 15) is 0 Å². The van der Waals surface area contributed by atoms with Crippen LogP contribution in [0.2, 0.25) is 0 Å². The number of hydrogen-bond acceptors (Lipinski definition) is 3. The molecule has 0 aliphatic heterocycles. The lowest BCUT2D eigenvalue weighted by Crippen LogP contribution is -2.05. The van der Waals surface area contributed by atoms with Crippen molar-refractivity contribution >= 4 is 11.4 Å². The van der Waals surface area contributed by atoms with Gasteiger partial charge in [-0.2, -0.15) is 4.21 Å². The van der Waals surface area contributed by atoms with Gasteiger partial charge in [-0.25, -0.2) is 0 Å². The normalized spacial score (nSPS) is 12.2. The van der Waals surface area contributed by atoms with Gasteiger partial charge in [-0.15, -0.1) is 0 Å². The highest BCUT2D eigenvalue weighted by Crippen LogP contribution is 1.92. The molecule has 0 aromatic rings. The van der Waals surface area contributed by atoms with Crippen LogP contribution in [0.3, 0.4) is 0 Å². The first-order valence-corrected chi connectivity index (χ1v) is 4.19. The average molecular weight is 186 g/mol. The highest BCUT2D eigenvalue weighted by molar-refractivity contribution is 7.73. The Bertz CT molecular complexity index is 92.9. The summed E-state index contributed by atoms with van der Waals surface area (Å²) >= 11 is -2.61. The molecular weight excluding hydrogens is 172 g/mol. The van der Waals surface area contributed by atoms with Crippen LogP contribution in [0.5, 0.6) is 0 Å². The van der Waals surface area contributed by atoms with Gasteiger partial charge in [0.2, 0.25) is 0 Å². The van der Waals surface area contributed by atoms with Gasteiger partial charge in [0.15, 0.2) is 0 Å². The molecule has 0 heterocycles. The van der Waals surface area contributed by atoms with Gasteiger partial charge in [-0.1, -0.05) is 6.92 Å². The van der Waals surface area contributed by atoms with Gasteiger partial charge in [0.25, 0.3) is 11.4 Å². The predicted octanol–water partition coefficient (Wildman–Crippen LogP) is -0.179. The highest BCUT2D eigenvalue weighted by Gasteiger charge is 1.95. The van der Waals surface area contributed by atoms with Gasteiger partial charge in [-0.3, -0.25) is 9.11 Å². The first kappa shape index (κ1) is 13.6. The standard InChI is InChI=1S/C5H12O2.H2O3S/c1-2-5(7)3-4-6;1-4(2)3/h5-7H,2-4H2,1H3;(H2,1,2,3). The molecule has 0 amide bonds. The zero-order valence-electron chi connectivity index (χ0n) is 6.30. The van der Waals surface area contributed by atoms with Crippen molar-refractivity contribution in [1.29, 1.82) is 0 Å². The van der Waals surface area contributed by atoms with E-state index in [1.807, 2.05) is 6.92 Å². The van der Waals surface area contributed by atoms with Gasteiger partial charge in [0, 0.05) is 6.61 Å². The van der Waals surface area contributed by atoms with Crippen LogP contribution in [0.1, 0.15) is 19.8 Å². The highest BCUT2D eigenvalue weighted by atomic mass is 32.2. The van der Waals surface area contributed by atoms with Crippen molar-refractivity contribution in [3.05, 3.63) is 0 Å². The maximum Gasteiger partial charge on any atom is 0.299 e. The molecule has 0 aliphatic rings. The average Bonchev–Trinajstić information content (AvgIpc) is 1.87. The van der Waals surface area contributed by atoms with Crippen LogP contribution in [0.4, 0.5) is 0 Å². The summed E-state index contributed by atoms with van der Waals surface area (Å²) in [5.41, 5.74) is 0. The van der Waals surface area contributed by atoms with Crippen LogP contribution in [0.25, 0.3) is 0 Å². The Balaban J connectivity index is 0. The van der Waals surface area contributed by atoms with Crippen LogP contribution in [0, 0.1) is 0 Å². The minimum absolute atomic E-state index is 0.0923. The van der Waals surface area contributed by atoms with Crippen molar-refractivity contribution in [2.24, 2.45) is 0 Å². The first-order valence-electron chi connectivity index (χ1n) is 3.13. The Morgan fingerprint density at radius 1 is 1.45 bits per heavy atom. The molecule has 0 aromatic heterocycles. The quantitative estimate of drug-likeness (QED) is 0.458. The monoisotopic (exact) mass is 186 g/mol. The number of aliphatic hydroxyl groups is 2. The maximum atomic E-state index is 8.70. The summed E-state index contributed by atoms with van der Waals surface area (Å²) in [6.45, 7) is 1.98. The van der Waals surface area contributed by atoms with Crippen molar-refractivity contribution in [1.82, 2.24) is 0 Å². The van der Waals surface area contributed by atoms with E-state index >= 15 is 0 Å². The molecule has 0 saturated carbocycles. The van der Waals surface area contributed by atoms with Gasteiger partial charge < -0.3 is 10.2 Å². The van der Waals surface area contributed by atoms with Crippen LogP contribution in [-0.2, 0) is 11.4 Å². The molecule has 0 bridgehead atoms. The molecule has 5 nitrogen and oxygen atoms in total. The Morgan fingerprint density at radius 3 is 1.91 bits per heavy atom. The lowest BCUT2D eigenvalue weighted by Gasteiger charge is -2.01. The summed E-state index contributed by atoms with van der Waals surface area (Å²) in [4.78, 5) is 0. The second-order valence-electron chi connectivity index (χ2n) is 1.81. The second kappa shape index (κ2) is 9.99. The lowest BCUT2D eigenvalue weighted by molar-refractivity contribution is 0.129. The summed E-state index contributed by atoms with van der Waals surface area (Å²) in [6, 6.07) is 0. The van der Waals surface area contributed by atoms with Crippen LogP contribution in [-0.4, -0.2) is 36.2 Å². The summed E-state index contributed by atoms with van der Waals surface area (Å²) in [5.74, 6) is 0. The van der Waals surface area contributed by atoms with Crippen molar-refractivity contribution in [2.45, 2.75) is 25.9 Å². The summed E-state index contributed by atoms with van der Waals surface area (Å²) in [6.07, 6.45) is 0.946. The molecule has 11 heavy (non-hydrogen) atoms.